The predicted octanol–water partition coefficient (Wildman–Crippen LogP) is 7.66. The van der Waals surface area contributed by atoms with Crippen LogP contribution in [0.25, 0.3) is 44.0 Å². The lowest BCUT2D eigenvalue weighted by atomic mass is 9.85. The number of benzene rings is 3. The molecule has 0 radical (unpaired) electrons. The van der Waals surface area contributed by atoms with Crippen molar-refractivity contribution in [2.24, 2.45) is 13.0 Å². The maximum absolute atomic E-state index is 8.96. The van der Waals surface area contributed by atoms with Crippen molar-refractivity contribution in [3.8, 4) is 11.3 Å². The van der Waals surface area contributed by atoms with E-state index in [2.05, 4.69) is 66.1 Å². The van der Waals surface area contributed by atoms with Crippen LogP contribution in [0.4, 0.5) is 0 Å². The van der Waals surface area contributed by atoms with Crippen molar-refractivity contribution in [1.29, 1.82) is 0 Å². The second kappa shape index (κ2) is 7.78. The van der Waals surface area contributed by atoms with Gasteiger partial charge in [0.1, 0.15) is 18.2 Å². The Balaban J connectivity index is 1.51. The average Bonchev–Trinajstić information content (AvgIpc) is 3.22. The molecular weight excluding hydrogens is 390 g/mol. The van der Waals surface area contributed by atoms with Crippen LogP contribution in [0.3, 0.4) is 0 Å². The van der Waals surface area contributed by atoms with Crippen molar-refractivity contribution in [2.45, 2.75) is 45.4 Å². The number of rotatable bonds is 3. The SMILES string of the molecule is [2H]C([2H])(c1cc[n+](C)c(-c2cc3oc4ccc5ccccc5c4c3cc2C)c1)C1CCCCC1. The van der Waals surface area contributed by atoms with E-state index < -0.39 is 6.37 Å². The van der Waals surface area contributed by atoms with Gasteiger partial charge in [-0.25, -0.2) is 4.57 Å². The molecule has 0 saturated heterocycles. The van der Waals surface area contributed by atoms with Gasteiger partial charge in [-0.2, -0.15) is 0 Å². The minimum Gasteiger partial charge on any atom is -0.456 e. The molecule has 0 aliphatic heterocycles. The van der Waals surface area contributed by atoms with Crippen LogP contribution in [-0.2, 0) is 13.4 Å². The molecule has 0 bridgehead atoms. The van der Waals surface area contributed by atoms with Gasteiger partial charge < -0.3 is 4.42 Å². The molecule has 32 heavy (non-hydrogen) atoms. The van der Waals surface area contributed by atoms with Gasteiger partial charge in [0.2, 0.25) is 5.69 Å². The molecule has 1 saturated carbocycles. The van der Waals surface area contributed by atoms with Crippen molar-refractivity contribution >= 4 is 32.7 Å². The molecule has 0 unspecified atom stereocenters. The third-order valence-electron chi connectivity index (χ3n) is 7.11. The van der Waals surface area contributed by atoms with E-state index in [-0.39, 0.29) is 5.92 Å². The van der Waals surface area contributed by atoms with Gasteiger partial charge in [0, 0.05) is 25.6 Å². The lowest BCUT2D eigenvalue weighted by Gasteiger charge is -2.21. The van der Waals surface area contributed by atoms with E-state index in [9.17, 15) is 0 Å². The van der Waals surface area contributed by atoms with E-state index in [1.807, 2.05) is 19.3 Å². The maximum Gasteiger partial charge on any atom is 0.212 e. The van der Waals surface area contributed by atoms with Gasteiger partial charge in [0.15, 0.2) is 6.20 Å². The molecule has 1 aliphatic carbocycles. The van der Waals surface area contributed by atoms with Crippen LogP contribution in [0.15, 0.2) is 71.3 Å². The highest BCUT2D eigenvalue weighted by atomic mass is 16.3. The van der Waals surface area contributed by atoms with E-state index in [0.29, 0.717) is 0 Å². The molecule has 2 aromatic heterocycles. The number of hydrogen-bond donors (Lipinski definition) is 0. The van der Waals surface area contributed by atoms with E-state index in [1.165, 1.54) is 17.2 Å². The van der Waals surface area contributed by atoms with Crippen LogP contribution in [0, 0.1) is 12.8 Å². The lowest BCUT2D eigenvalue weighted by molar-refractivity contribution is -0.660. The van der Waals surface area contributed by atoms with Crippen LogP contribution in [-0.4, -0.2) is 0 Å². The second-order valence-electron chi connectivity index (χ2n) is 9.32. The first-order chi connectivity index (χ1) is 16.4. The molecule has 0 atom stereocenters. The number of hydrogen-bond acceptors (Lipinski definition) is 1. The Kier molecular flexibility index (Phi) is 4.24. The molecule has 0 amide bonds. The van der Waals surface area contributed by atoms with Crippen LogP contribution in [0.1, 0.15) is 46.0 Å². The smallest absolute Gasteiger partial charge is 0.212 e. The Labute approximate surface area is 192 Å². The summed E-state index contributed by atoms with van der Waals surface area (Å²) in [6, 6.07) is 21.0. The molecule has 2 heterocycles. The van der Waals surface area contributed by atoms with Crippen LogP contribution >= 0.6 is 0 Å². The summed E-state index contributed by atoms with van der Waals surface area (Å²) in [5.74, 6) is 0.0917. The zero-order valence-electron chi connectivity index (χ0n) is 20.8. The van der Waals surface area contributed by atoms with Crippen molar-refractivity contribution < 1.29 is 11.7 Å². The first-order valence-electron chi connectivity index (χ1n) is 12.8. The number of pyridine rings is 1. The van der Waals surface area contributed by atoms with Gasteiger partial charge in [-0.05, 0) is 59.3 Å². The predicted molar refractivity (Wildman–Crippen MR) is 133 cm³/mol. The van der Waals surface area contributed by atoms with Crippen LogP contribution < -0.4 is 4.57 Å². The quantitative estimate of drug-likeness (QED) is 0.273. The summed E-state index contributed by atoms with van der Waals surface area (Å²) in [5, 5.41) is 4.71. The van der Waals surface area contributed by atoms with E-state index in [0.717, 1.165) is 70.0 Å². The molecule has 1 fully saturated rings. The summed E-state index contributed by atoms with van der Waals surface area (Å²) in [6.07, 6.45) is 6.12. The average molecular weight is 423 g/mol. The Morgan fingerprint density at radius 3 is 2.66 bits per heavy atom. The monoisotopic (exact) mass is 422 g/mol. The topological polar surface area (TPSA) is 17.0 Å². The van der Waals surface area contributed by atoms with Gasteiger partial charge in [0.05, 0.1) is 5.56 Å². The van der Waals surface area contributed by atoms with Gasteiger partial charge in [-0.1, -0.05) is 62.4 Å². The Morgan fingerprint density at radius 2 is 1.78 bits per heavy atom. The van der Waals surface area contributed by atoms with E-state index >= 15 is 0 Å². The third kappa shape index (κ3) is 3.30. The summed E-state index contributed by atoms with van der Waals surface area (Å²) in [7, 11) is 2.03. The number of aryl methyl sites for hydroxylation is 2. The van der Waals surface area contributed by atoms with Crippen molar-refractivity contribution in [2.75, 3.05) is 0 Å². The summed E-state index contributed by atoms with van der Waals surface area (Å²) >= 11 is 0. The highest BCUT2D eigenvalue weighted by molar-refractivity contribution is 6.19. The Bertz CT molecular complexity index is 1540. The number of fused-ring (bicyclic) bond motifs is 5. The third-order valence-corrected chi connectivity index (χ3v) is 7.11. The first-order valence-corrected chi connectivity index (χ1v) is 11.8. The van der Waals surface area contributed by atoms with Crippen LogP contribution in [0.2, 0.25) is 0 Å². The van der Waals surface area contributed by atoms with Crippen LogP contribution in [0.5, 0.6) is 0 Å². The summed E-state index contributed by atoms with van der Waals surface area (Å²) < 4.78 is 26.3. The number of nitrogens with zero attached hydrogens (tertiary/aromatic N) is 1. The minimum absolute atomic E-state index is 0.0917. The molecule has 1 aliphatic rings. The highest BCUT2D eigenvalue weighted by Gasteiger charge is 2.20. The van der Waals surface area contributed by atoms with E-state index in [4.69, 9.17) is 7.16 Å². The van der Waals surface area contributed by atoms with Gasteiger partial charge >= 0.3 is 0 Å². The summed E-state index contributed by atoms with van der Waals surface area (Å²) in [4.78, 5) is 0. The standard InChI is InChI=1S/C30H30NO/c1-20-16-26-29(32-28-13-12-23-10-6-7-11-24(23)30(26)28)19-25(20)27-18-22(14-15-31(27)2)17-21-8-4-3-5-9-21/h6-7,10-16,18-19,21H,3-5,8-9,17H2,1-2H3/q+1/i17D2. The van der Waals surface area contributed by atoms with Crippen molar-refractivity contribution in [1.82, 2.24) is 0 Å². The fourth-order valence-electron chi connectivity index (χ4n) is 5.39. The largest absolute Gasteiger partial charge is 0.456 e. The number of aromatic nitrogens is 1. The molecule has 6 rings (SSSR count). The summed E-state index contributed by atoms with van der Waals surface area (Å²) in [5.41, 5.74) is 5.81. The van der Waals surface area contributed by atoms with Crippen molar-refractivity contribution in [3.63, 3.8) is 0 Å². The fourth-order valence-corrected chi connectivity index (χ4v) is 5.39. The van der Waals surface area contributed by atoms with Gasteiger partial charge in [-0.3, -0.25) is 0 Å². The van der Waals surface area contributed by atoms with Gasteiger partial charge in [0.25, 0.3) is 0 Å². The highest BCUT2D eigenvalue weighted by Crippen LogP contribution is 2.37. The minimum atomic E-state index is -1.32. The van der Waals surface area contributed by atoms with Gasteiger partial charge in [-0.15, -0.1) is 0 Å². The normalized spacial score (nSPS) is 16.6. The Hall–Kier alpha value is -3.13. The maximum atomic E-state index is 8.96. The molecule has 2 heteroatoms. The molecule has 5 aromatic rings. The fraction of sp³-hybridized carbons (Fsp3) is 0.300. The molecule has 160 valence electrons. The zero-order valence-corrected chi connectivity index (χ0v) is 18.8. The lowest BCUT2D eigenvalue weighted by Crippen LogP contribution is -2.31. The number of furan rings is 1. The molecule has 2 nitrogen and oxygen atoms in total. The molecule has 0 spiro atoms. The second-order valence-corrected chi connectivity index (χ2v) is 9.32. The summed E-state index contributed by atoms with van der Waals surface area (Å²) in [6.45, 7) is 2.14. The molecule has 0 N–H and O–H groups in total. The van der Waals surface area contributed by atoms with Crippen molar-refractivity contribution in [3.05, 3.63) is 78.0 Å². The zero-order chi connectivity index (χ0) is 23.4. The first kappa shape index (κ1) is 17.4. The molecular formula is C30H30NO+. The van der Waals surface area contributed by atoms with E-state index in [1.54, 1.807) is 0 Å². The molecule has 3 aromatic carbocycles. The Morgan fingerprint density at radius 1 is 0.938 bits per heavy atom.